The minimum atomic E-state index is -0.185. The van der Waals surface area contributed by atoms with Crippen molar-refractivity contribution in [3.8, 4) is 11.5 Å². The molecule has 0 bridgehead atoms. The summed E-state index contributed by atoms with van der Waals surface area (Å²) in [4.78, 5) is 5.72. The maximum absolute atomic E-state index is 13.6. The molecule has 0 saturated carbocycles. The SMILES string of the molecule is CCN(CCCc1c[nH]c2ccc(F)cc12)C1COc2cccc(OC)c2C1.Cl. The molecule has 2 aromatic carbocycles. The number of aromatic nitrogens is 1. The zero-order valence-corrected chi connectivity index (χ0v) is 17.7. The van der Waals surface area contributed by atoms with Crippen LogP contribution in [0.4, 0.5) is 4.39 Å². The average molecular weight is 419 g/mol. The highest BCUT2D eigenvalue weighted by Gasteiger charge is 2.26. The third-order valence-corrected chi connectivity index (χ3v) is 5.72. The number of aromatic amines is 1. The predicted octanol–water partition coefficient (Wildman–Crippen LogP) is 5.00. The van der Waals surface area contributed by atoms with Crippen LogP contribution in [0.1, 0.15) is 24.5 Å². The van der Waals surface area contributed by atoms with Gasteiger partial charge in [-0.3, -0.25) is 4.90 Å². The highest BCUT2D eigenvalue weighted by molar-refractivity contribution is 5.85. The lowest BCUT2D eigenvalue weighted by Crippen LogP contribution is -2.43. The molecule has 3 aromatic rings. The van der Waals surface area contributed by atoms with Crippen LogP contribution in [0.15, 0.2) is 42.6 Å². The smallest absolute Gasteiger partial charge is 0.126 e. The Labute approximate surface area is 177 Å². The Hall–Kier alpha value is -2.24. The molecule has 2 heterocycles. The van der Waals surface area contributed by atoms with Gasteiger partial charge in [0, 0.05) is 28.7 Å². The molecule has 1 aliphatic heterocycles. The van der Waals surface area contributed by atoms with Crippen LogP contribution in [0.25, 0.3) is 10.9 Å². The van der Waals surface area contributed by atoms with E-state index in [2.05, 4.69) is 16.8 Å². The number of nitrogens with one attached hydrogen (secondary N) is 1. The zero-order valence-electron chi connectivity index (χ0n) is 16.9. The second kappa shape index (κ2) is 9.51. The Kier molecular flexibility index (Phi) is 7.04. The van der Waals surface area contributed by atoms with Crippen LogP contribution < -0.4 is 9.47 Å². The van der Waals surface area contributed by atoms with Crippen LogP contribution in [0, 0.1) is 5.82 Å². The predicted molar refractivity (Wildman–Crippen MR) is 117 cm³/mol. The van der Waals surface area contributed by atoms with E-state index >= 15 is 0 Å². The summed E-state index contributed by atoms with van der Waals surface area (Å²) in [6.07, 6.45) is 4.89. The first-order valence-corrected chi connectivity index (χ1v) is 9.97. The lowest BCUT2D eigenvalue weighted by molar-refractivity contribution is 0.122. The second-order valence-corrected chi connectivity index (χ2v) is 7.34. The number of hydrogen-bond donors (Lipinski definition) is 1. The van der Waals surface area contributed by atoms with E-state index in [0.29, 0.717) is 12.6 Å². The second-order valence-electron chi connectivity index (χ2n) is 7.34. The number of aryl methyl sites for hydroxylation is 1. The standard InChI is InChI=1S/C23H27FN2O2.ClH/c1-3-26(18-13-20-22(27-2)7-4-8-23(20)28-15-18)11-5-6-16-14-25-21-10-9-17(24)12-19(16)21;/h4,7-10,12,14,18,25H,3,5-6,11,13,15H2,1-2H3;1H. The molecule has 0 aliphatic carbocycles. The Morgan fingerprint density at radius 2 is 2.14 bits per heavy atom. The normalized spacial score (nSPS) is 15.7. The molecular formula is C23H28ClFN2O2. The van der Waals surface area contributed by atoms with E-state index in [1.807, 2.05) is 24.4 Å². The van der Waals surface area contributed by atoms with Gasteiger partial charge in [-0.15, -0.1) is 12.4 Å². The number of fused-ring (bicyclic) bond motifs is 2. The van der Waals surface area contributed by atoms with E-state index in [1.54, 1.807) is 19.2 Å². The van der Waals surface area contributed by atoms with Crippen molar-refractivity contribution in [3.05, 3.63) is 59.5 Å². The summed E-state index contributed by atoms with van der Waals surface area (Å²) in [7, 11) is 1.71. The molecule has 0 saturated heterocycles. The summed E-state index contributed by atoms with van der Waals surface area (Å²) in [5.74, 6) is 1.65. The lowest BCUT2D eigenvalue weighted by Gasteiger charge is -2.35. The molecule has 1 aliphatic rings. The van der Waals surface area contributed by atoms with Crippen molar-refractivity contribution >= 4 is 23.3 Å². The molecular weight excluding hydrogens is 391 g/mol. The summed E-state index contributed by atoms with van der Waals surface area (Å²) >= 11 is 0. The molecule has 0 amide bonds. The van der Waals surface area contributed by atoms with Gasteiger partial charge in [0.15, 0.2) is 0 Å². The van der Waals surface area contributed by atoms with Gasteiger partial charge in [-0.05, 0) is 68.2 Å². The maximum Gasteiger partial charge on any atom is 0.126 e. The third-order valence-electron chi connectivity index (χ3n) is 5.72. The van der Waals surface area contributed by atoms with Gasteiger partial charge in [0.05, 0.1) is 7.11 Å². The van der Waals surface area contributed by atoms with Gasteiger partial charge in [-0.25, -0.2) is 4.39 Å². The summed E-state index contributed by atoms with van der Waals surface area (Å²) < 4.78 is 25.1. The number of hydrogen-bond acceptors (Lipinski definition) is 3. The van der Waals surface area contributed by atoms with Crippen LogP contribution >= 0.6 is 12.4 Å². The number of rotatable bonds is 7. The van der Waals surface area contributed by atoms with Crippen LogP contribution in [0.2, 0.25) is 0 Å². The van der Waals surface area contributed by atoms with E-state index in [1.165, 1.54) is 11.6 Å². The summed E-state index contributed by atoms with van der Waals surface area (Å²) in [6, 6.07) is 11.2. The van der Waals surface area contributed by atoms with Crippen molar-refractivity contribution in [3.63, 3.8) is 0 Å². The molecule has 1 N–H and O–H groups in total. The molecule has 156 valence electrons. The molecule has 6 heteroatoms. The number of ether oxygens (including phenoxy) is 2. The Morgan fingerprint density at radius 1 is 1.28 bits per heavy atom. The van der Waals surface area contributed by atoms with Gasteiger partial charge >= 0.3 is 0 Å². The van der Waals surface area contributed by atoms with E-state index in [-0.39, 0.29) is 18.2 Å². The summed E-state index contributed by atoms with van der Waals surface area (Å²) in [5, 5.41) is 0.989. The summed E-state index contributed by atoms with van der Waals surface area (Å²) in [5.41, 5.74) is 3.33. The van der Waals surface area contributed by atoms with E-state index in [9.17, 15) is 4.39 Å². The molecule has 0 fully saturated rings. The Bertz CT molecular complexity index is 945. The van der Waals surface area contributed by atoms with Gasteiger partial charge in [0.25, 0.3) is 0 Å². The van der Waals surface area contributed by atoms with Crippen molar-refractivity contribution in [1.82, 2.24) is 9.88 Å². The highest BCUT2D eigenvalue weighted by atomic mass is 35.5. The van der Waals surface area contributed by atoms with Gasteiger partial charge in [0.1, 0.15) is 23.9 Å². The summed E-state index contributed by atoms with van der Waals surface area (Å²) in [6.45, 7) is 4.85. The number of methoxy groups -OCH3 is 1. The number of H-pyrrole nitrogens is 1. The van der Waals surface area contributed by atoms with Crippen molar-refractivity contribution in [2.24, 2.45) is 0 Å². The van der Waals surface area contributed by atoms with Crippen molar-refractivity contribution < 1.29 is 13.9 Å². The molecule has 4 nitrogen and oxygen atoms in total. The zero-order chi connectivity index (χ0) is 19.5. The Balaban J connectivity index is 0.00000240. The van der Waals surface area contributed by atoms with E-state index < -0.39 is 0 Å². The van der Waals surface area contributed by atoms with Gasteiger partial charge in [-0.1, -0.05) is 13.0 Å². The number of nitrogens with zero attached hydrogens (tertiary/aromatic N) is 1. The first kappa shape index (κ1) is 21.5. The quantitative estimate of drug-likeness (QED) is 0.587. The Morgan fingerprint density at radius 3 is 2.93 bits per heavy atom. The fourth-order valence-corrected chi connectivity index (χ4v) is 4.22. The highest BCUT2D eigenvalue weighted by Crippen LogP contribution is 2.34. The molecule has 4 rings (SSSR count). The molecule has 0 spiro atoms. The van der Waals surface area contributed by atoms with Gasteiger partial charge in [-0.2, -0.15) is 0 Å². The topological polar surface area (TPSA) is 37.5 Å². The molecule has 29 heavy (non-hydrogen) atoms. The molecule has 1 aromatic heterocycles. The third kappa shape index (κ3) is 4.51. The number of benzene rings is 2. The van der Waals surface area contributed by atoms with Gasteiger partial charge < -0.3 is 14.5 Å². The lowest BCUT2D eigenvalue weighted by atomic mass is 9.99. The minimum Gasteiger partial charge on any atom is -0.496 e. The van der Waals surface area contributed by atoms with Crippen LogP contribution in [-0.2, 0) is 12.8 Å². The van der Waals surface area contributed by atoms with Crippen molar-refractivity contribution in [2.45, 2.75) is 32.2 Å². The number of likely N-dealkylation sites (N-methyl/N-ethyl adjacent to an activating group) is 1. The monoisotopic (exact) mass is 418 g/mol. The van der Waals surface area contributed by atoms with Gasteiger partial charge in [0.2, 0.25) is 0 Å². The fourth-order valence-electron chi connectivity index (χ4n) is 4.22. The van der Waals surface area contributed by atoms with Crippen molar-refractivity contribution in [2.75, 3.05) is 26.8 Å². The van der Waals surface area contributed by atoms with Crippen LogP contribution in [-0.4, -0.2) is 42.7 Å². The first-order valence-electron chi connectivity index (χ1n) is 9.97. The average Bonchev–Trinajstić information content (AvgIpc) is 3.12. The fraction of sp³-hybridized carbons (Fsp3) is 0.391. The van der Waals surface area contributed by atoms with Crippen molar-refractivity contribution in [1.29, 1.82) is 0 Å². The van der Waals surface area contributed by atoms with E-state index in [0.717, 1.165) is 60.3 Å². The molecule has 0 radical (unpaired) electrons. The molecule has 1 unspecified atom stereocenters. The minimum absolute atomic E-state index is 0. The molecule has 1 atom stereocenters. The van der Waals surface area contributed by atoms with Crippen LogP contribution in [0.5, 0.6) is 11.5 Å². The van der Waals surface area contributed by atoms with Crippen LogP contribution in [0.3, 0.4) is 0 Å². The number of halogens is 2. The maximum atomic E-state index is 13.6. The van der Waals surface area contributed by atoms with E-state index in [4.69, 9.17) is 9.47 Å². The largest absolute Gasteiger partial charge is 0.496 e. The first-order chi connectivity index (χ1) is 13.7.